The van der Waals surface area contributed by atoms with E-state index in [-0.39, 0.29) is 6.04 Å². The van der Waals surface area contributed by atoms with Crippen molar-refractivity contribution in [2.45, 2.75) is 31.7 Å². The highest BCUT2D eigenvalue weighted by Crippen LogP contribution is 2.32. The normalized spacial score (nSPS) is 17.1. The van der Waals surface area contributed by atoms with Gasteiger partial charge in [0.15, 0.2) is 0 Å². The number of benzene rings is 2. The Morgan fingerprint density at radius 2 is 2.00 bits per heavy atom. The van der Waals surface area contributed by atoms with Crippen molar-refractivity contribution in [3.63, 3.8) is 0 Å². The van der Waals surface area contributed by atoms with Gasteiger partial charge in [-0.1, -0.05) is 48.0 Å². The number of aryl methyl sites for hydroxylation is 1. The zero-order valence-electron chi connectivity index (χ0n) is 13.9. The molecule has 1 aromatic heterocycles. The van der Waals surface area contributed by atoms with Gasteiger partial charge < -0.3 is 4.74 Å². The van der Waals surface area contributed by atoms with Gasteiger partial charge in [-0.3, -0.25) is 0 Å². The third-order valence-electron chi connectivity index (χ3n) is 4.78. The van der Waals surface area contributed by atoms with Crippen LogP contribution in [0.4, 0.5) is 0 Å². The first kappa shape index (κ1) is 14.9. The molecule has 1 heterocycles. The number of hydrogen-bond acceptors (Lipinski definition) is 3. The summed E-state index contributed by atoms with van der Waals surface area (Å²) in [4.78, 5) is 0. The first-order valence-corrected chi connectivity index (χ1v) is 8.49. The van der Waals surface area contributed by atoms with Gasteiger partial charge in [-0.2, -0.15) is 0 Å². The number of ether oxygens (including phenoxy) is 1. The Balaban J connectivity index is 1.70. The number of rotatable bonds is 3. The van der Waals surface area contributed by atoms with Crippen molar-refractivity contribution in [1.82, 2.24) is 15.0 Å². The van der Waals surface area contributed by atoms with E-state index in [9.17, 15) is 0 Å². The molecule has 0 saturated carbocycles. The van der Waals surface area contributed by atoms with Crippen molar-refractivity contribution in [3.8, 4) is 17.0 Å². The van der Waals surface area contributed by atoms with E-state index in [4.69, 9.17) is 4.74 Å². The first-order chi connectivity index (χ1) is 11.8. The smallest absolute Gasteiger partial charge is 0.119 e. The largest absolute Gasteiger partial charge is 0.497 e. The lowest BCUT2D eigenvalue weighted by molar-refractivity contribution is 0.415. The fourth-order valence-electron chi connectivity index (χ4n) is 3.51. The number of hydrogen-bond donors (Lipinski definition) is 0. The molecule has 0 spiro atoms. The van der Waals surface area contributed by atoms with Crippen LogP contribution in [0.2, 0.25) is 0 Å². The molecule has 1 aliphatic carbocycles. The summed E-state index contributed by atoms with van der Waals surface area (Å²) in [5.74, 6) is 0.835. The van der Waals surface area contributed by atoms with Gasteiger partial charge in [0.2, 0.25) is 0 Å². The number of fused-ring (bicyclic) bond motifs is 1. The third kappa shape index (κ3) is 2.80. The SMILES string of the molecule is COc1cccc(-c2cn(C3CCCCc4ccccc43)nn2)c1. The van der Waals surface area contributed by atoms with E-state index in [1.807, 2.05) is 28.9 Å². The van der Waals surface area contributed by atoms with Crippen LogP contribution < -0.4 is 4.74 Å². The molecule has 0 fully saturated rings. The van der Waals surface area contributed by atoms with Gasteiger partial charge in [-0.25, -0.2) is 4.68 Å². The van der Waals surface area contributed by atoms with E-state index >= 15 is 0 Å². The molecule has 0 bridgehead atoms. The molecule has 1 atom stereocenters. The quantitative estimate of drug-likeness (QED) is 0.677. The summed E-state index contributed by atoms with van der Waals surface area (Å²) < 4.78 is 7.33. The second kappa shape index (κ2) is 6.48. The predicted molar refractivity (Wildman–Crippen MR) is 94.1 cm³/mol. The molecule has 0 aliphatic heterocycles. The Kier molecular flexibility index (Phi) is 4.03. The lowest BCUT2D eigenvalue weighted by Crippen LogP contribution is -2.12. The molecular weight excluding hydrogens is 298 g/mol. The van der Waals surface area contributed by atoms with Gasteiger partial charge in [0.25, 0.3) is 0 Å². The zero-order valence-corrected chi connectivity index (χ0v) is 13.9. The first-order valence-electron chi connectivity index (χ1n) is 8.49. The maximum atomic E-state index is 5.31. The molecule has 4 nitrogen and oxygen atoms in total. The number of nitrogens with zero attached hydrogens (tertiary/aromatic N) is 3. The lowest BCUT2D eigenvalue weighted by atomic mass is 9.99. The summed E-state index contributed by atoms with van der Waals surface area (Å²) in [6.45, 7) is 0. The highest BCUT2D eigenvalue weighted by Gasteiger charge is 2.21. The van der Waals surface area contributed by atoms with E-state index in [1.165, 1.54) is 24.0 Å². The average molecular weight is 319 g/mol. The summed E-state index contributed by atoms with van der Waals surface area (Å²) in [6, 6.07) is 17.0. The maximum absolute atomic E-state index is 5.31. The standard InChI is InChI=1S/C20H21N3O/c1-24-17-10-6-9-16(13-17)19-14-23(22-21-19)20-12-5-3-8-15-7-2-4-11-18(15)20/h2,4,6-7,9-11,13-14,20H,3,5,8,12H2,1H3. The Morgan fingerprint density at radius 3 is 2.92 bits per heavy atom. The molecule has 4 heteroatoms. The van der Waals surface area contributed by atoms with Crippen molar-refractivity contribution in [3.05, 3.63) is 65.9 Å². The second-order valence-corrected chi connectivity index (χ2v) is 6.28. The minimum atomic E-state index is 0.274. The van der Waals surface area contributed by atoms with E-state index in [2.05, 4.69) is 40.8 Å². The van der Waals surface area contributed by atoms with Gasteiger partial charge >= 0.3 is 0 Å². The van der Waals surface area contributed by atoms with E-state index in [0.29, 0.717) is 0 Å². The summed E-state index contributed by atoms with van der Waals surface area (Å²) in [7, 11) is 1.68. The molecule has 4 rings (SSSR count). The van der Waals surface area contributed by atoms with Crippen molar-refractivity contribution in [2.75, 3.05) is 7.11 Å². The third-order valence-corrected chi connectivity index (χ3v) is 4.78. The van der Waals surface area contributed by atoms with Crippen LogP contribution in [0.15, 0.2) is 54.7 Å². The zero-order chi connectivity index (χ0) is 16.4. The fourth-order valence-corrected chi connectivity index (χ4v) is 3.51. The molecule has 1 aliphatic rings. The van der Waals surface area contributed by atoms with Crippen molar-refractivity contribution < 1.29 is 4.74 Å². The molecule has 0 radical (unpaired) electrons. The highest BCUT2D eigenvalue weighted by atomic mass is 16.5. The molecule has 3 aromatic rings. The van der Waals surface area contributed by atoms with Gasteiger partial charge in [0.1, 0.15) is 11.4 Å². The summed E-state index contributed by atoms with van der Waals surface area (Å²) in [5, 5.41) is 8.84. The van der Waals surface area contributed by atoms with Crippen LogP contribution in [0.3, 0.4) is 0 Å². The molecular formula is C20H21N3O. The van der Waals surface area contributed by atoms with Crippen LogP contribution in [0.5, 0.6) is 5.75 Å². The van der Waals surface area contributed by atoms with Crippen molar-refractivity contribution in [1.29, 1.82) is 0 Å². The lowest BCUT2D eigenvalue weighted by Gasteiger charge is -2.17. The van der Waals surface area contributed by atoms with Crippen molar-refractivity contribution >= 4 is 0 Å². The Bertz CT molecular complexity index is 840. The Labute approximate surface area is 142 Å². The van der Waals surface area contributed by atoms with Gasteiger partial charge in [-0.15, -0.1) is 5.10 Å². The van der Waals surface area contributed by atoms with Gasteiger partial charge in [0, 0.05) is 5.56 Å². The van der Waals surface area contributed by atoms with Crippen LogP contribution in [-0.4, -0.2) is 22.1 Å². The molecule has 1 unspecified atom stereocenters. The van der Waals surface area contributed by atoms with Gasteiger partial charge in [0.05, 0.1) is 19.3 Å². The second-order valence-electron chi connectivity index (χ2n) is 6.28. The molecule has 0 amide bonds. The van der Waals surface area contributed by atoms with E-state index in [0.717, 1.165) is 29.8 Å². The minimum Gasteiger partial charge on any atom is -0.497 e. The van der Waals surface area contributed by atoms with Crippen molar-refractivity contribution in [2.24, 2.45) is 0 Å². The average Bonchev–Trinajstić information content (AvgIpc) is 3.02. The summed E-state index contributed by atoms with van der Waals surface area (Å²) >= 11 is 0. The van der Waals surface area contributed by atoms with Gasteiger partial charge in [-0.05, 0) is 42.5 Å². The molecule has 122 valence electrons. The monoisotopic (exact) mass is 319 g/mol. The summed E-state index contributed by atoms with van der Waals surface area (Å²) in [5.41, 5.74) is 4.74. The predicted octanol–water partition coefficient (Wildman–Crippen LogP) is 4.27. The van der Waals surface area contributed by atoms with Crippen LogP contribution >= 0.6 is 0 Å². The number of aromatic nitrogens is 3. The minimum absolute atomic E-state index is 0.274. The maximum Gasteiger partial charge on any atom is 0.119 e. The Morgan fingerprint density at radius 1 is 1.08 bits per heavy atom. The van der Waals surface area contributed by atoms with Crippen LogP contribution in [-0.2, 0) is 6.42 Å². The molecule has 0 N–H and O–H groups in total. The fraction of sp³-hybridized carbons (Fsp3) is 0.300. The molecule has 24 heavy (non-hydrogen) atoms. The molecule has 2 aromatic carbocycles. The van der Waals surface area contributed by atoms with E-state index in [1.54, 1.807) is 7.11 Å². The Hall–Kier alpha value is -2.62. The summed E-state index contributed by atoms with van der Waals surface area (Å²) in [6.07, 6.45) is 6.78. The van der Waals surface area contributed by atoms with E-state index < -0.39 is 0 Å². The molecule has 0 saturated heterocycles. The van der Waals surface area contributed by atoms with Crippen LogP contribution in [0, 0.1) is 0 Å². The topological polar surface area (TPSA) is 39.9 Å². The van der Waals surface area contributed by atoms with Crippen LogP contribution in [0.1, 0.15) is 36.4 Å². The highest BCUT2D eigenvalue weighted by molar-refractivity contribution is 5.60. The number of methoxy groups -OCH3 is 1. The van der Waals surface area contributed by atoms with Crippen LogP contribution in [0.25, 0.3) is 11.3 Å².